The number of rotatable bonds is 51. The number of carbonyl (C=O) groups is 4. The van der Waals surface area contributed by atoms with E-state index in [9.17, 15) is 34.5 Å². The van der Waals surface area contributed by atoms with Gasteiger partial charge in [0.2, 0.25) is 0 Å². The third-order valence-electron chi connectivity index (χ3n) is 13.3. The summed E-state index contributed by atoms with van der Waals surface area (Å²) in [6.45, 7) is 5.71. The Morgan fingerprint density at radius 2 is 0.797 bits per heavy atom. The zero-order valence-electron chi connectivity index (χ0n) is 49.3. The second-order valence-electron chi connectivity index (χ2n) is 20.6. The molecule has 0 aromatic rings. The highest BCUT2D eigenvalue weighted by molar-refractivity contribution is 5.74. The third-order valence-corrected chi connectivity index (χ3v) is 13.3. The van der Waals surface area contributed by atoms with Gasteiger partial charge in [0.25, 0.3) is 0 Å². The van der Waals surface area contributed by atoms with Gasteiger partial charge in [-0.25, -0.2) is 4.79 Å². The number of allylic oxidation sites excluding steroid dienone is 18. The summed E-state index contributed by atoms with van der Waals surface area (Å²) in [6.07, 6.45) is 60.5. The zero-order chi connectivity index (χ0) is 57.5. The molecular weight excluding hydrogens is 997 g/mol. The predicted octanol–water partition coefficient (Wildman–Crippen LogP) is 16.2. The number of hydrogen-bond donors (Lipinski definition) is 3. The van der Waals surface area contributed by atoms with E-state index < -0.39 is 67.3 Å². The Hall–Kier alpha value is -4.62. The van der Waals surface area contributed by atoms with E-state index in [4.69, 9.17) is 23.7 Å². The highest BCUT2D eigenvalue weighted by atomic mass is 16.7. The topological polar surface area (TPSA) is 175 Å². The van der Waals surface area contributed by atoms with E-state index >= 15 is 0 Å². The van der Waals surface area contributed by atoms with Crippen LogP contribution in [0.15, 0.2) is 109 Å². The molecule has 0 radical (unpaired) electrons. The molecular formula is C67H108O12. The molecule has 0 spiro atoms. The van der Waals surface area contributed by atoms with E-state index in [0.717, 1.165) is 141 Å². The molecule has 0 aromatic heterocycles. The van der Waals surface area contributed by atoms with Crippen molar-refractivity contribution in [3.63, 3.8) is 0 Å². The fraction of sp³-hybridized carbons (Fsp3) is 0.672. The fourth-order valence-electron chi connectivity index (χ4n) is 8.64. The van der Waals surface area contributed by atoms with E-state index in [2.05, 4.69) is 130 Å². The summed E-state index contributed by atoms with van der Waals surface area (Å²) in [5, 5.41) is 31.5. The van der Waals surface area contributed by atoms with Crippen LogP contribution in [0.2, 0.25) is 0 Å². The van der Waals surface area contributed by atoms with Crippen LogP contribution in [0, 0.1) is 0 Å². The Balaban J connectivity index is 2.71. The molecule has 1 saturated heterocycles. The zero-order valence-corrected chi connectivity index (χ0v) is 49.3. The van der Waals surface area contributed by atoms with Gasteiger partial charge in [-0.15, -0.1) is 0 Å². The lowest BCUT2D eigenvalue weighted by atomic mass is 9.98. The van der Waals surface area contributed by atoms with Crippen LogP contribution in [0.5, 0.6) is 0 Å². The third kappa shape index (κ3) is 43.8. The first-order valence-electron chi connectivity index (χ1n) is 30.9. The molecule has 1 rings (SSSR count). The Morgan fingerprint density at radius 3 is 1.25 bits per heavy atom. The molecule has 6 unspecified atom stereocenters. The number of carbonyl (C=O) groups excluding carboxylic acids is 3. The van der Waals surface area contributed by atoms with Crippen LogP contribution in [0.25, 0.3) is 0 Å². The smallest absolute Gasteiger partial charge is 0.335 e. The molecule has 0 amide bonds. The van der Waals surface area contributed by atoms with E-state index in [1.807, 2.05) is 0 Å². The number of aliphatic hydroxyl groups is 2. The monoisotopic (exact) mass is 1100 g/mol. The Bertz CT molecular complexity index is 1790. The molecule has 12 nitrogen and oxygen atoms in total. The average molecular weight is 1110 g/mol. The number of aliphatic carboxylic acids is 1. The number of esters is 3. The molecule has 0 saturated carbocycles. The lowest BCUT2D eigenvalue weighted by Crippen LogP contribution is -2.61. The van der Waals surface area contributed by atoms with Crippen molar-refractivity contribution in [2.24, 2.45) is 0 Å². The van der Waals surface area contributed by atoms with Crippen molar-refractivity contribution < 1.29 is 58.2 Å². The van der Waals surface area contributed by atoms with Gasteiger partial charge in [-0.05, 0) is 122 Å². The van der Waals surface area contributed by atoms with Crippen LogP contribution in [0.4, 0.5) is 0 Å². The normalized spacial score (nSPS) is 18.6. The van der Waals surface area contributed by atoms with Crippen LogP contribution >= 0.6 is 0 Å². The van der Waals surface area contributed by atoms with Gasteiger partial charge < -0.3 is 39.0 Å². The second-order valence-corrected chi connectivity index (χ2v) is 20.6. The lowest BCUT2D eigenvalue weighted by Gasteiger charge is -2.40. The molecule has 0 bridgehead atoms. The van der Waals surface area contributed by atoms with Crippen molar-refractivity contribution >= 4 is 23.9 Å². The fourth-order valence-corrected chi connectivity index (χ4v) is 8.64. The van der Waals surface area contributed by atoms with Gasteiger partial charge in [-0.3, -0.25) is 14.4 Å². The molecule has 1 fully saturated rings. The number of aliphatic hydroxyl groups excluding tert-OH is 2. The van der Waals surface area contributed by atoms with E-state index in [1.165, 1.54) is 38.5 Å². The lowest BCUT2D eigenvalue weighted by molar-refractivity contribution is -0.301. The van der Waals surface area contributed by atoms with Gasteiger partial charge in [0, 0.05) is 19.3 Å². The summed E-state index contributed by atoms with van der Waals surface area (Å²) >= 11 is 0. The summed E-state index contributed by atoms with van der Waals surface area (Å²) in [5.74, 6) is -3.21. The number of carboxylic acid groups (broad SMARTS) is 1. The Labute approximate surface area is 478 Å². The first kappa shape index (κ1) is 72.4. The molecule has 1 heterocycles. The Morgan fingerprint density at radius 1 is 0.430 bits per heavy atom. The summed E-state index contributed by atoms with van der Waals surface area (Å²) in [7, 11) is 0. The van der Waals surface area contributed by atoms with Crippen molar-refractivity contribution in [2.45, 2.75) is 276 Å². The van der Waals surface area contributed by atoms with Crippen molar-refractivity contribution in [1.82, 2.24) is 0 Å². The highest BCUT2D eigenvalue weighted by Gasteiger charge is 2.50. The standard InChI is InChI=1S/C67H108O12/c1-4-7-10-13-16-19-22-25-28-29-30-31-34-37-40-43-46-49-52-55-61(70)78-65-63(72)62(71)64(66(73)74)79-67(65)76-57-58(77-60(69)54-51-48-45-42-39-36-33-27-24-21-18-15-12-9-6-3)56-75-59(68)53-50-47-44-41-38-35-32-26-23-20-17-14-11-8-5-2/h7-8,10-11,16-17,19-20,25-28,30-33,38,41,58,62-65,67,71-72H,4-6,9,12-15,18,21-24,29,34-37,39-40,42-57H2,1-3H3,(H,73,74)/b10-7-,11-8-,19-16-,20-17-,28-25-,31-30-,32-26-,33-27-,41-38-. The SMILES string of the molecule is CC/C=C\C/C=C\C/C=C\C/C=C\CCCCCCCCC(=O)OC1C(OCC(COC(=O)CCCC/C=C\C/C=C\C/C=C\C/C=C\CC)OC(=O)CCCCCCC/C=C\CCCCCCCC)OC(C(=O)O)C(O)C1O. The van der Waals surface area contributed by atoms with Gasteiger partial charge in [0.05, 0.1) is 6.61 Å². The number of carboxylic acids is 1. The van der Waals surface area contributed by atoms with Gasteiger partial charge in [-0.2, -0.15) is 0 Å². The van der Waals surface area contributed by atoms with Gasteiger partial charge in [0.1, 0.15) is 18.8 Å². The molecule has 79 heavy (non-hydrogen) atoms. The molecule has 1 aliphatic rings. The van der Waals surface area contributed by atoms with Crippen molar-refractivity contribution in [2.75, 3.05) is 13.2 Å². The van der Waals surface area contributed by atoms with E-state index in [-0.39, 0.29) is 25.9 Å². The molecule has 448 valence electrons. The molecule has 0 aliphatic carbocycles. The summed E-state index contributed by atoms with van der Waals surface area (Å²) in [5.41, 5.74) is 0. The van der Waals surface area contributed by atoms with Crippen LogP contribution in [0.1, 0.15) is 239 Å². The van der Waals surface area contributed by atoms with Crippen molar-refractivity contribution in [3.05, 3.63) is 109 Å². The maximum atomic E-state index is 13.2. The quantitative estimate of drug-likeness (QED) is 0.0228. The molecule has 0 aromatic carbocycles. The first-order chi connectivity index (χ1) is 38.6. The minimum atomic E-state index is -1.92. The number of ether oxygens (including phenoxy) is 5. The minimum Gasteiger partial charge on any atom is -0.479 e. The molecule has 6 atom stereocenters. The van der Waals surface area contributed by atoms with Gasteiger partial charge in [-0.1, -0.05) is 207 Å². The van der Waals surface area contributed by atoms with Crippen molar-refractivity contribution in [3.8, 4) is 0 Å². The first-order valence-corrected chi connectivity index (χ1v) is 30.9. The minimum absolute atomic E-state index is 0.0341. The van der Waals surface area contributed by atoms with Crippen LogP contribution in [0.3, 0.4) is 0 Å². The largest absolute Gasteiger partial charge is 0.479 e. The van der Waals surface area contributed by atoms with E-state index in [1.54, 1.807) is 0 Å². The summed E-state index contributed by atoms with van der Waals surface area (Å²) in [6, 6.07) is 0. The van der Waals surface area contributed by atoms with Gasteiger partial charge >= 0.3 is 23.9 Å². The summed E-state index contributed by atoms with van der Waals surface area (Å²) in [4.78, 5) is 51.2. The molecule has 12 heteroatoms. The van der Waals surface area contributed by atoms with Crippen LogP contribution < -0.4 is 0 Å². The van der Waals surface area contributed by atoms with Crippen LogP contribution in [-0.2, 0) is 42.9 Å². The maximum Gasteiger partial charge on any atom is 0.335 e. The molecule has 3 N–H and O–H groups in total. The van der Waals surface area contributed by atoms with Gasteiger partial charge in [0.15, 0.2) is 24.6 Å². The van der Waals surface area contributed by atoms with Crippen molar-refractivity contribution in [1.29, 1.82) is 0 Å². The average Bonchev–Trinajstić information content (AvgIpc) is 3.44. The Kier molecular flexibility index (Phi) is 49.5. The maximum absolute atomic E-state index is 13.2. The molecule has 1 aliphatic heterocycles. The second kappa shape index (κ2) is 54.0. The number of hydrogen-bond acceptors (Lipinski definition) is 11. The highest BCUT2D eigenvalue weighted by Crippen LogP contribution is 2.26. The van der Waals surface area contributed by atoms with Crippen LogP contribution in [-0.4, -0.2) is 89.2 Å². The predicted molar refractivity (Wildman–Crippen MR) is 321 cm³/mol. The summed E-state index contributed by atoms with van der Waals surface area (Å²) < 4.78 is 28.4. The van der Waals surface area contributed by atoms with E-state index in [0.29, 0.717) is 19.3 Å². The number of unbranched alkanes of at least 4 members (excludes halogenated alkanes) is 19.